The normalized spacial score (nSPS) is 12.6. The zero-order valence-corrected chi connectivity index (χ0v) is 10.9. The van der Waals surface area contributed by atoms with Gasteiger partial charge in [0.1, 0.15) is 12.1 Å². The summed E-state index contributed by atoms with van der Waals surface area (Å²) in [4.78, 5) is 0. The van der Waals surface area contributed by atoms with Gasteiger partial charge in [0, 0.05) is 28.7 Å². The van der Waals surface area contributed by atoms with E-state index in [1.54, 1.807) is 18.2 Å². The predicted molar refractivity (Wildman–Crippen MR) is 65.9 cm³/mol. The SMILES string of the molecule is CC(NCc1ccon1)c1cc(Br)ccc1F. The molecule has 17 heavy (non-hydrogen) atoms. The second kappa shape index (κ2) is 5.42. The van der Waals surface area contributed by atoms with Gasteiger partial charge in [0.05, 0.1) is 5.69 Å². The highest BCUT2D eigenvalue weighted by atomic mass is 79.9. The third-order valence-corrected chi connectivity index (χ3v) is 3.00. The minimum Gasteiger partial charge on any atom is -0.364 e. The van der Waals surface area contributed by atoms with Crippen molar-refractivity contribution < 1.29 is 8.91 Å². The standard InChI is InChI=1S/C12H12BrFN2O/c1-8(15-7-10-4-5-17-16-10)11-6-9(13)2-3-12(11)14/h2-6,8,15H,7H2,1H3. The molecule has 0 saturated carbocycles. The van der Waals surface area contributed by atoms with Gasteiger partial charge in [0.15, 0.2) is 0 Å². The number of nitrogens with one attached hydrogen (secondary N) is 1. The monoisotopic (exact) mass is 298 g/mol. The van der Waals surface area contributed by atoms with E-state index < -0.39 is 0 Å². The van der Waals surface area contributed by atoms with E-state index in [1.807, 2.05) is 6.92 Å². The first-order chi connectivity index (χ1) is 8.16. The van der Waals surface area contributed by atoms with Crippen molar-refractivity contribution in [2.75, 3.05) is 0 Å². The largest absolute Gasteiger partial charge is 0.364 e. The van der Waals surface area contributed by atoms with Crippen LogP contribution in [0.25, 0.3) is 0 Å². The molecule has 0 amide bonds. The smallest absolute Gasteiger partial charge is 0.128 e. The van der Waals surface area contributed by atoms with Crippen LogP contribution in [0.5, 0.6) is 0 Å². The number of halogens is 2. The first kappa shape index (κ1) is 12.3. The Morgan fingerprint density at radius 1 is 1.47 bits per heavy atom. The van der Waals surface area contributed by atoms with Gasteiger partial charge in [-0.15, -0.1) is 0 Å². The molecule has 1 atom stereocenters. The van der Waals surface area contributed by atoms with Gasteiger partial charge in [-0.05, 0) is 25.1 Å². The fourth-order valence-electron chi connectivity index (χ4n) is 1.54. The lowest BCUT2D eigenvalue weighted by molar-refractivity contribution is 0.405. The van der Waals surface area contributed by atoms with Crippen LogP contribution in [0.15, 0.2) is 39.5 Å². The second-order valence-corrected chi connectivity index (χ2v) is 4.67. The number of aromatic nitrogens is 1. The van der Waals surface area contributed by atoms with Gasteiger partial charge in [-0.25, -0.2) is 4.39 Å². The Hall–Kier alpha value is -1.20. The highest BCUT2D eigenvalue weighted by Crippen LogP contribution is 2.21. The summed E-state index contributed by atoms with van der Waals surface area (Å²) in [6, 6.07) is 6.59. The van der Waals surface area contributed by atoms with Crippen LogP contribution in [0.1, 0.15) is 24.2 Å². The number of hydrogen-bond acceptors (Lipinski definition) is 3. The molecule has 2 aromatic rings. The van der Waals surface area contributed by atoms with E-state index in [1.165, 1.54) is 12.3 Å². The minimum absolute atomic E-state index is 0.0933. The Labute approximate surface area is 107 Å². The van der Waals surface area contributed by atoms with Gasteiger partial charge in [-0.3, -0.25) is 0 Å². The summed E-state index contributed by atoms with van der Waals surface area (Å²) in [5, 5.41) is 6.97. The lowest BCUT2D eigenvalue weighted by atomic mass is 10.1. The summed E-state index contributed by atoms with van der Waals surface area (Å²) in [6.45, 7) is 2.45. The van der Waals surface area contributed by atoms with E-state index in [0.717, 1.165) is 10.2 Å². The first-order valence-electron chi connectivity index (χ1n) is 5.24. The lowest BCUT2D eigenvalue weighted by Crippen LogP contribution is -2.19. The molecule has 0 aliphatic heterocycles. The van der Waals surface area contributed by atoms with E-state index in [2.05, 4.69) is 26.4 Å². The fourth-order valence-corrected chi connectivity index (χ4v) is 1.92. The summed E-state index contributed by atoms with van der Waals surface area (Å²) >= 11 is 3.33. The maximum absolute atomic E-state index is 13.6. The maximum Gasteiger partial charge on any atom is 0.128 e. The molecule has 2 rings (SSSR count). The molecule has 90 valence electrons. The van der Waals surface area contributed by atoms with Crippen LogP contribution in [0, 0.1) is 5.82 Å². The topological polar surface area (TPSA) is 38.1 Å². The Kier molecular flexibility index (Phi) is 3.91. The minimum atomic E-state index is -0.214. The molecule has 0 bridgehead atoms. The average molecular weight is 299 g/mol. The average Bonchev–Trinajstić information content (AvgIpc) is 2.82. The molecule has 0 aliphatic carbocycles. The zero-order chi connectivity index (χ0) is 12.3. The van der Waals surface area contributed by atoms with Crippen LogP contribution in [0.2, 0.25) is 0 Å². The summed E-state index contributed by atoms with van der Waals surface area (Å²) in [6.07, 6.45) is 1.52. The van der Waals surface area contributed by atoms with E-state index in [-0.39, 0.29) is 11.9 Å². The Bertz CT molecular complexity index is 487. The molecule has 5 heteroatoms. The van der Waals surface area contributed by atoms with Gasteiger partial charge >= 0.3 is 0 Å². The van der Waals surface area contributed by atoms with E-state index in [4.69, 9.17) is 4.52 Å². The molecule has 0 fully saturated rings. The van der Waals surface area contributed by atoms with E-state index in [0.29, 0.717) is 12.1 Å². The predicted octanol–water partition coefficient (Wildman–Crippen LogP) is 3.43. The second-order valence-electron chi connectivity index (χ2n) is 3.76. The van der Waals surface area contributed by atoms with Crippen LogP contribution in [-0.4, -0.2) is 5.16 Å². The molecule has 0 saturated heterocycles. The van der Waals surface area contributed by atoms with Crippen molar-refractivity contribution in [3.8, 4) is 0 Å². The summed E-state index contributed by atoms with van der Waals surface area (Å²) in [5.41, 5.74) is 1.43. The molecule has 0 radical (unpaired) electrons. The number of rotatable bonds is 4. The lowest BCUT2D eigenvalue weighted by Gasteiger charge is -2.14. The van der Waals surface area contributed by atoms with Crippen molar-refractivity contribution in [3.05, 3.63) is 52.1 Å². The van der Waals surface area contributed by atoms with Gasteiger partial charge in [-0.2, -0.15) is 0 Å². The molecule has 1 N–H and O–H groups in total. The van der Waals surface area contributed by atoms with Crippen LogP contribution >= 0.6 is 15.9 Å². The van der Waals surface area contributed by atoms with Crippen LogP contribution in [-0.2, 0) is 6.54 Å². The molecule has 1 aromatic carbocycles. The van der Waals surface area contributed by atoms with Crippen molar-refractivity contribution in [2.24, 2.45) is 0 Å². The Balaban J connectivity index is 2.04. The zero-order valence-electron chi connectivity index (χ0n) is 9.28. The third kappa shape index (κ3) is 3.14. The quantitative estimate of drug-likeness (QED) is 0.940. The molecule has 1 heterocycles. The summed E-state index contributed by atoms with van der Waals surface area (Å²) in [5.74, 6) is -0.214. The van der Waals surface area contributed by atoms with E-state index >= 15 is 0 Å². The van der Waals surface area contributed by atoms with Gasteiger partial charge < -0.3 is 9.84 Å². The molecular weight excluding hydrogens is 287 g/mol. The van der Waals surface area contributed by atoms with Gasteiger partial charge in [0.25, 0.3) is 0 Å². The summed E-state index contributed by atoms with van der Waals surface area (Å²) in [7, 11) is 0. The van der Waals surface area contributed by atoms with Crippen molar-refractivity contribution in [1.82, 2.24) is 10.5 Å². The van der Waals surface area contributed by atoms with E-state index in [9.17, 15) is 4.39 Å². The third-order valence-electron chi connectivity index (χ3n) is 2.51. The molecule has 1 aromatic heterocycles. The van der Waals surface area contributed by atoms with Crippen LogP contribution < -0.4 is 5.32 Å². The highest BCUT2D eigenvalue weighted by Gasteiger charge is 2.11. The van der Waals surface area contributed by atoms with Crippen molar-refractivity contribution in [3.63, 3.8) is 0 Å². The Morgan fingerprint density at radius 3 is 3.00 bits per heavy atom. The molecule has 1 unspecified atom stereocenters. The van der Waals surface area contributed by atoms with Crippen molar-refractivity contribution in [1.29, 1.82) is 0 Å². The fraction of sp³-hybridized carbons (Fsp3) is 0.250. The van der Waals surface area contributed by atoms with Crippen molar-refractivity contribution in [2.45, 2.75) is 19.5 Å². The molecule has 0 spiro atoms. The molecular formula is C12H12BrFN2O. The Morgan fingerprint density at radius 2 is 2.29 bits per heavy atom. The van der Waals surface area contributed by atoms with Crippen LogP contribution in [0.3, 0.4) is 0 Å². The van der Waals surface area contributed by atoms with Gasteiger partial charge in [-0.1, -0.05) is 21.1 Å². The maximum atomic E-state index is 13.6. The van der Waals surface area contributed by atoms with Crippen LogP contribution in [0.4, 0.5) is 4.39 Å². The number of benzene rings is 1. The van der Waals surface area contributed by atoms with Crippen molar-refractivity contribution >= 4 is 15.9 Å². The number of nitrogens with zero attached hydrogens (tertiary/aromatic N) is 1. The first-order valence-corrected chi connectivity index (χ1v) is 6.03. The molecule has 0 aliphatic rings. The van der Waals surface area contributed by atoms with Gasteiger partial charge in [0.2, 0.25) is 0 Å². The highest BCUT2D eigenvalue weighted by molar-refractivity contribution is 9.10. The summed E-state index contributed by atoms with van der Waals surface area (Å²) < 4.78 is 19.2. The number of hydrogen-bond donors (Lipinski definition) is 1. The molecule has 3 nitrogen and oxygen atoms in total.